The van der Waals surface area contributed by atoms with Gasteiger partial charge in [0.2, 0.25) is 0 Å². The largest absolute Gasteiger partial charge is 0.338 e. The van der Waals surface area contributed by atoms with Crippen LogP contribution in [0.15, 0.2) is 127 Å². The number of hydrogen-bond donors (Lipinski definition) is 3. The third-order valence-electron chi connectivity index (χ3n) is 11.2. The lowest BCUT2D eigenvalue weighted by Crippen LogP contribution is -2.48. The molecule has 49 heavy (non-hydrogen) atoms. The molecule has 0 radical (unpaired) electrons. The summed E-state index contributed by atoms with van der Waals surface area (Å²) in [6, 6.07) is 45.1. The first kappa shape index (κ1) is 26.8. The Morgan fingerprint density at radius 1 is 0.367 bits per heavy atom. The van der Waals surface area contributed by atoms with Gasteiger partial charge in [0.1, 0.15) is 17.5 Å². The van der Waals surface area contributed by atoms with Crippen molar-refractivity contribution in [3.8, 4) is 34.2 Å². The smallest absolute Gasteiger partial charge is 0.138 e. The molecule has 0 fully saturated rings. The molecule has 232 valence electrons. The van der Waals surface area contributed by atoms with Crippen LogP contribution in [0.1, 0.15) is 47.2 Å². The molecule has 0 saturated carbocycles. The van der Waals surface area contributed by atoms with Crippen molar-refractivity contribution < 1.29 is 0 Å². The van der Waals surface area contributed by atoms with Crippen molar-refractivity contribution in [3.63, 3.8) is 0 Å². The third-order valence-corrected chi connectivity index (χ3v) is 11.2. The third kappa shape index (κ3) is 3.47. The van der Waals surface area contributed by atoms with Crippen LogP contribution in [0.4, 0.5) is 0 Å². The minimum absolute atomic E-state index is 0.442. The molecule has 3 N–H and O–H groups in total. The maximum atomic E-state index is 5.12. The van der Waals surface area contributed by atoms with Gasteiger partial charge in [-0.2, -0.15) is 0 Å². The Kier molecular flexibility index (Phi) is 5.03. The van der Waals surface area contributed by atoms with E-state index in [0.29, 0.717) is 0 Å². The average Bonchev–Trinajstić information content (AvgIpc) is 3.89. The molecular formula is C43H30N6. The van der Waals surface area contributed by atoms with E-state index in [-0.39, 0.29) is 0 Å². The van der Waals surface area contributed by atoms with E-state index in [1.807, 2.05) is 18.2 Å². The van der Waals surface area contributed by atoms with Gasteiger partial charge in [0.15, 0.2) is 0 Å². The zero-order valence-corrected chi connectivity index (χ0v) is 27.0. The van der Waals surface area contributed by atoms with E-state index in [1.165, 1.54) is 33.4 Å². The van der Waals surface area contributed by atoms with Crippen molar-refractivity contribution in [3.05, 3.63) is 161 Å². The molecule has 3 heterocycles. The van der Waals surface area contributed by atoms with Crippen molar-refractivity contribution in [2.24, 2.45) is 0 Å². The van der Waals surface area contributed by atoms with Crippen LogP contribution in [-0.2, 0) is 10.8 Å². The van der Waals surface area contributed by atoms with Crippen LogP contribution in [0.5, 0.6) is 0 Å². The number of aromatic amines is 3. The van der Waals surface area contributed by atoms with Crippen LogP contribution >= 0.6 is 0 Å². The summed E-state index contributed by atoms with van der Waals surface area (Å²) in [5.41, 5.74) is 16.1. The Bertz CT molecular complexity index is 2350. The summed E-state index contributed by atoms with van der Waals surface area (Å²) in [6.07, 6.45) is 0. The maximum absolute atomic E-state index is 5.12. The first-order valence-corrected chi connectivity index (χ1v) is 16.8. The first-order valence-electron chi connectivity index (χ1n) is 16.8. The van der Waals surface area contributed by atoms with E-state index in [1.54, 1.807) is 0 Å². The van der Waals surface area contributed by atoms with Gasteiger partial charge < -0.3 is 15.0 Å². The summed E-state index contributed by atoms with van der Waals surface area (Å²) >= 11 is 0. The van der Waals surface area contributed by atoms with Crippen molar-refractivity contribution >= 4 is 33.1 Å². The molecule has 6 nitrogen and oxygen atoms in total. The normalized spacial score (nSPS) is 19.0. The van der Waals surface area contributed by atoms with Crippen molar-refractivity contribution in [2.45, 2.75) is 24.7 Å². The average molecular weight is 631 g/mol. The van der Waals surface area contributed by atoms with Gasteiger partial charge in [-0.1, -0.05) is 91.0 Å². The Morgan fingerprint density at radius 3 is 0.918 bits per heavy atom. The van der Waals surface area contributed by atoms with E-state index in [0.717, 1.165) is 67.3 Å². The quantitative estimate of drug-likeness (QED) is 0.182. The second-order valence-corrected chi connectivity index (χ2v) is 13.8. The molecule has 6 aromatic carbocycles. The van der Waals surface area contributed by atoms with Crippen LogP contribution in [0.25, 0.3) is 67.3 Å². The van der Waals surface area contributed by atoms with Crippen LogP contribution in [0, 0.1) is 0 Å². The molecule has 0 aliphatic heterocycles. The minimum Gasteiger partial charge on any atom is -0.338 e. The molecule has 9 aromatic rings. The Balaban J connectivity index is 1.20. The summed E-state index contributed by atoms with van der Waals surface area (Å²) in [5, 5.41) is 0. The van der Waals surface area contributed by atoms with Crippen molar-refractivity contribution in [1.29, 1.82) is 0 Å². The molecule has 12 rings (SSSR count). The molecule has 3 aliphatic rings. The van der Waals surface area contributed by atoms with Gasteiger partial charge in [0, 0.05) is 27.5 Å². The van der Waals surface area contributed by atoms with E-state index in [2.05, 4.69) is 138 Å². The summed E-state index contributed by atoms with van der Waals surface area (Å²) in [6.45, 7) is 4.77. The number of nitrogens with one attached hydrogen (secondary N) is 3. The topological polar surface area (TPSA) is 86.0 Å². The lowest BCUT2D eigenvalue weighted by Gasteiger charge is -2.54. The van der Waals surface area contributed by atoms with Crippen LogP contribution < -0.4 is 0 Å². The van der Waals surface area contributed by atoms with Crippen LogP contribution in [0.3, 0.4) is 0 Å². The minimum atomic E-state index is -0.460. The zero-order chi connectivity index (χ0) is 32.5. The van der Waals surface area contributed by atoms with E-state index in [4.69, 9.17) is 15.0 Å². The van der Waals surface area contributed by atoms with Gasteiger partial charge in [-0.05, 0) is 83.6 Å². The molecule has 6 heteroatoms. The van der Waals surface area contributed by atoms with Gasteiger partial charge in [0.05, 0.1) is 33.1 Å². The van der Waals surface area contributed by atoms with Crippen molar-refractivity contribution in [1.82, 2.24) is 29.9 Å². The summed E-state index contributed by atoms with van der Waals surface area (Å²) in [4.78, 5) is 26.3. The predicted octanol–water partition coefficient (Wildman–Crippen LogP) is 9.65. The fraction of sp³-hybridized carbons (Fsp3) is 0.0930. The van der Waals surface area contributed by atoms with E-state index < -0.39 is 10.8 Å². The molecular weight excluding hydrogens is 601 g/mol. The van der Waals surface area contributed by atoms with Crippen LogP contribution in [0.2, 0.25) is 0 Å². The lowest BCUT2D eigenvalue weighted by atomic mass is 9.48. The molecule has 2 bridgehead atoms. The molecule has 0 saturated heterocycles. The van der Waals surface area contributed by atoms with Gasteiger partial charge in [-0.3, -0.25) is 0 Å². The Labute approximate surface area is 281 Å². The zero-order valence-electron chi connectivity index (χ0n) is 27.0. The molecule has 3 aromatic heterocycles. The summed E-state index contributed by atoms with van der Waals surface area (Å²) in [5.74, 6) is 2.65. The number of nitrogens with zero attached hydrogens (tertiary/aromatic N) is 3. The van der Waals surface area contributed by atoms with Gasteiger partial charge in [-0.25, -0.2) is 15.0 Å². The Morgan fingerprint density at radius 2 is 0.633 bits per heavy atom. The monoisotopic (exact) mass is 630 g/mol. The number of hydrogen-bond acceptors (Lipinski definition) is 3. The second kappa shape index (κ2) is 9.20. The van der Waals surface area contributed by atoms with Gasteiger partial charge >= 0.3 is 0 Å². The molecule has 0 spiro atoms. The van der Waals surface area contributed by atoms with Crippen molar-refractivity contribution in [2.75, 3.05) is 0 Å². The number of fused-ring (bicyclic) bond motifs is 3. The lowest BCUT2D eigenvalue weighted by molar-refractivity contribution is 0.514. The summed E-state index contributed by atoms with van der Waals surface area (Å²) < 4.78 is 0. The fourth-order valence-corrected chi connectivity index (χ4v) is 8.72. The highest BCUT2D eigenvalue weighted by atomic mass is 14.9. The van der Waals surface area contributed by atoms with Crippen LogP contribution in [-0.4, -0.2) is 29.9 Å². The van der Waals surface area contributed by atoms with Gasteiger partial charge in [0.25, 0.3) is 0 Å². The fourth-order valence-electron chi connectivity index (χ4n) is 8.72. The highest BCUT2D eigenvalue weighted by Gasteiger charge is 2.55. The highest BCUT2D eigenvalue weighted by molar-refractivity contribution is 5.92. The summed E-state index contributed by atoms with van der Waals surface area (Å²) in [7, 11) is 0. The van der Waals surface area contributed by atoms with E-state index in [9.17, 15) is 0 Å². The molecule has 0 unspecified atom stereocenters. The molecule has 3 aliphatic carbocycles. The standard InChI is InChI=1S/C43H30N6/c1-42-27-18-33-36(47-39(44-33)24-12-6-3-7-13-24)21-30(27)43(2,31-22-37-34(19-28(31)42)45-40(48-37)25-14-8-4-9-15-25)32-23-38-35(20-29(32)42)46-41(49-38)26-16-10-5-11-17-26/h3-23H,1-2H3,(H,44,47)(H,45,48)(H,46,49). The number of H-pyrrole nitrogens is 3. The molecule has 0 atom stereocenters. The van der Waals surface area contributed by atoms with E-state index >= 15 is 0 Å². The number of rotatable bonds is 3. The number of benzene rings is 6. The Hall–Kier alpha value is -6.27. The highest BCUT2D eigenvalue weighted by Crippen LogP contribution is 2.63. The number of aromatic nitrogens is 6. The maximum Gasteiger partial charge on any atom is 0.138 e. The first-order chi connectivity index (χ1) is 24.0. The molecule has 0 amide bonds. The number of imidazole rings is 3. The second-order valence-electron chi connectivity index (χ2n) is 13.8. The van der Waals surface area contributed by atoms with Gasteiger partial charge in [-0.15, -0.1) is 0 Å². The SMILES string of the molecule is CC12c3cc4nc(-c5ccccc5)[nH]c4cc3C(C)(c3cc4[nH]c(-c5ccccc5)nc4cc31)c1cc3[nH]c(-c4ccccc4)nc3cc12. The predicted molar refractivity (Wildman–Crippen MR) is 196 cm³/mol.